The zero-order valence-corrected chi connectivity index (χ0v) is 27.5. The smallest absolute Gasteiger partial charge is 0.0440 e. The van der Waals surface area contributed by atoms with E-state index in [0.29, 0.717) is 0 Å². The number of hydrogen-bond acceptors (Lipinski definition) is 2. The van der Waals surface area contributed by atoms with E-state index >= 15 is 0 Å². The third kappa shape index (κ3) is 3.59. The summed E-state index contributed by atoms with van der Waals surface area (Å²) in [5, 5.41) is 15.9. The van der Waals surface area contributed by atoms with Gasteiger partial charge in [-0.25, -0.2) is 0 Å². The molecule has 11 rings (SSSR count). The predicted molar refractivity (Wildman–Crippen MR) is 213 cm³/mol. The van der Waals surface area contributed by atoms with Crippen LogP contribution in [0.15, 0.2) is 158 Å². The minimum absolute atomic E-state index is 1.27. The zero-order valence-electron chi connectivity index (χ0n) is 25.8. The minimum Gasteiger partial charge on any atom is -0.135 e. The largest absolute Gasteiger partial charge is 0.135 e. The molecule has 0 amide bonds. The standard InChI is InChI=1S/C46H26S2/c1-3-15-31-28(12-1)29-13-2-8-20-36(29)46-44(31)38-25-24-27(26-41(38)48-46)42-32-16-4-6-18-34(32)43(35-19-7-5-17-33(35)42)39-22-11-21-37-30-14-9-10-23-40(30)47-45(37)39/h1-26H. The Kier molecular flexibility index (Phi) is 5.51. The van der Waals surface area contributed by atoms with Gasteiger partial charge in [0.05, 0.1) is 0 Å². The van der Waals surface area contributed by atoms with Gasteiger partial charge in [-0.3, -0.25) is 0 Å². The summed E-state index contributed by atoms with van der Waals surface area (Å²) in [4.78, 5) is 0. The van der Waals surface area contributed by atoms with E-state index in [1.165, 1.54) is 106 Å². The first-order valence-corrected chi connectivity index (χ1v) is 18.1. The maximum atomic E-state index is 2.45. The lowest BCUT2D eigenvalue weighted by Crippen LogP contribution is -1.90. The number of thiophene rings is 2. The SMILES string of the molecule is c1ccc2c(c1)sc1c(-c3c4ccccc4c(-c4ccc5c(c4)sc4c6ccccc6c6ccccc6c54)c4ccccc34)cccc12. The van der Waals surface area contributed by atoms with Crippen LogP contribution in [0.25, 0.3) is 106 Å². The van der Waals surface area contributed by atoms with Gasteiger partial charge in [-0.1, -0.05) is 146 Å². The van der Waals surface area contributed by atoms with Gasteiger partial charge >= 0.3 is 0 Å². The first-order chi connectivity index (χ1) is 23.8. The summed E-state index contributed by atoms with van der Waals surface area (Å²) in [6.45, 7) is 0. The van der Waals surface area contributed by atoms with Crippen LogP contribution >= 0.6 is 22.7 Å². The van der Waals surface area contributed by atoms with E-state index < -0.39 is 0 Å². The number of rotatable bonds is 2. The molecule has 2 aromatic heterocycles. The van der Waals surface area contributed by atoms with Gasteiger partial charge in [0.1, 0.15) is 0 Å². The van der Waals surface area contributed by atoms with Gasteiger partial charge in [-0.05, 0) is 66.5 Å². The van der Waals surface area contributed by atoms with Gasteiger partial charge in [0.15, 0.2) is 0 Å². The van der Waals surface area contributed by atoms with Gasteiger partial charge < -0.3 is 0 Å². The highest BCUT2D eigenvalue weighted by Gasteiger charge is 2.20. The van der Waals surface area contributed by atoms with Gasteiger partial charge in [0.2, 0.25) is 0 Å². The molecule has 48 heavy (non-hydrogen) atoms. The fourth-order valence-corrected chi connectivity index (χ4v) is 10.8. The molecular weight excluding hydrogens is 617 g/mol. The molecule has 0 radical (unpaired) electrons. The Morgan fingerprint density at radius 3 is 1.50 bits per heavy atom. The van der Waals surface area contributed by atoms with Crippen molar-refractivity contribution in [2.24, 2.45) is 0 Å². The van der Waals surface area contributed by atoms with Crippen molar-refractivity contribution in [1.82, 2.24) is 0 Å². The van der Waals surface area contributed by atoms with Crippen LogP contribution in [0.2, 0.25) is 0 Å². The molecule has 0 saturated heterocycles. The molecule has 0 fully saturated rings. The van der Waals surface area contributed by atoms with E-state index in [4.69, 9.17) is 0 Å². The first-order valence-electron chi connectivity index (χ1n) is 16.4. The number of benzene rings is 9. The van der Waals surface area contributed by atoms with Crippen molar-refractivity contribution in [3.63, 3.8) is 0 Å². The number of hydrogen-bond donors (Lipinski definition) is 0. The third-order valence-corrected chi connectivity index (χ3v) is 12.6. The molecule has 0 saturated carbocycles. The highest BCUT2D eigenvalue weighted by molar-refractivity contribution is 7.27. The Hall–Kier alpha value is -5.54. The summed E-state index contributed by atoms with van der Waals surface area (Å²) in [5.74, 6) is 0. The van der Waals surface area contributed by atoms with E-state index in [9.17, 15) is 0 Å². The molecule has 0 aliphatic rings. The molecule has 0 aliphatic carbocycles. The van der Waals surface area contributed by atoms with Crippen LogP contribution < -0.4 is 0 Å². The predicted octanol–water partition coefficient (Wildman–Crippen LogP) is 14.4. The molecule has 0 aliphatic heterocycles. The van der Waals surface area contributed by atoms with Gasteiger partial charge in [0, 0.05) is 51.3 Å². The molecule has 0 atom stereocenters. The Morgan fingerprint density at radius 1 is 0.292 bits per heavy atom. The van der Waals surface area contributed by atoms with Gasteiger partial charge in [-0.2, -0.15) is 0 Å². The fraction of sp³-hybridized carbons (Fsp3) is 0. The Balaban J connectivity index is 1.23. The summed E-state index contributed by atoms with van der Waals surface area (Å²) < 4.78 is 5.39. The Morgan fingerprint density at radius 2 is 0.792 bits per heavy atom. The monoisotopic (exact) mass is 642 g/mol. The lowest BCUT2D eigenvalue weighted by molar-refractivity contribution is 1.71. The lowest BCUT2D eigenvalue weighted by Gasteiger charge is -2.18. The van der Waals surface area contributed by atoms with Crippen molar-refractivity contribution >= 4 is 106 Å². The Labute approximate surface area is 284 Å². The van der Waals surface area contributed by atoms with E-state index in [0.717, 1.165) is 0 Å². The molecule has 9 aromatic carbocycles. The maximum absolute atomic E-state index is 2.45. The van der Waals surface area contributed by atoms with Crippen LogP contribution in [-0.4, -0.2) is 0 Å². The molecule has 0 unspecified atom stereocenters. The minimum atomic E-state index is 1.27. The lowest BCUT2D eigenvalue weighted by atomic mass is 9.85. The number of fused-ring (bicyclic) bond motifs is 13. The quantitative estimate of drug-likeness (QED) is 0.130. The average Bonchev–Trinajstić information content (AvgIpc) is 3.73. The molecule has 11 aromatic rings. The van der Waals surface area contributed by atoms with E-state index in [1.807, 2.05) is 22.7 Å². The van der Waals surface area contributed by atoms with Crippen LogP contribution in [0.3, 0.4) is 0 Å². The molecular formula is C46H26S2. The van der Waals surface area contributed by atoms with Crippen LogP contribution in [0.5, 0.6) is 0 Å². The highest BCUT2D eigenvalue weighted by Crippen LogP contribution is 2.49. The fourth-order valence-electron chi connectivity index (χ4n) is 8.23. The first kappa shape index (κ1) is 26.5. The summed E-state index contributed by atoms with van der Waals surface area (Å²) >= 11 is 3.84. The zero-order chi connectivity index (χ0) is 31.3. The van der Waals surface area contributed by atoms with Crippen molar-refractivity contribution < 1.29 is 0 Å². The summed E-state index contributed by atoms with van der Waals surface area (Å²) in [6, 6.07) is 58.7. The molecule has 0 N–H and O–H groups in total. The van der Waals surface area contributed by atoms with Crippen LogP contribution in [-0.2, 0) is 0 Å². The molecule has 2 heterocycles. The molecule has 0 spiro atoms. The van der Waals surface area contributed by atoms with E-state index in [1.54, 1.807) is 0 Å². The van der Waals surface area contributed by atoms with Crippen LogP contribution in [0.1, 0.15) is 0 Å². The van der Waals surface area contributed by atoms with Gasteiger partial charge in [0.25, 0.3) is 0 Å². The van der Waals surface area contributed by atoms with Crippen molar-refractivity contribution in [3.05, 3.63) is 158 Å². The maximum Gasteiger partial charge on any atom is 0.0440 e. The summed E-state index contributed by atoms with van der Waals surface area (Å²) in [7, 11) is 0. The second kappa shape index (κ2) is 9.98. The summed E-state index contributed by atoms with van der Waals surface area (Å²) in [6.07, 6.45) is 0. The van der Waals surface area contributed by atoms with E-state index in [-0.39, 0.29) is 0 Å². The molecule has 222 valence electrons. The Bertz CT molecular complexity index is 3060. The van der Waals surface area contributed by atoms with Crippen molar-refractivity contribution in [2.75, 3.05) is 0 Å². The van der Waals surface area contributed by atoms with E-state index in [2.05, 4.69) is 158 Å². The normalized spacial score (nSPS) is 12.2. The molecule has 0 bridgehead atoms. The molecule has 2 heteroatoms. The van der Waals surface area contributed by atoms with Crippen LogP contribution in [0.4, 0.5) is 0 Å². The third-order valence-electron chi connectivity index (χ3n) is 10.2. The highest BCUT2D eigenvalue weighted by atomic mass is 32.1. The second-order valence-corrected chi connectivity index (χ2v) is 14.8. The average molecular weight is 643 g/mol. The molecule has 0 nitrogen and oxygen atoms in total. The topological polar surface area (TPSA) is 0 Å². The summed E-state index contributed by atoms with van der Waals surface area (Å²) in [5.41, 5.74) is 5.21. The second-order valence-electron chi connectivity index (χ2n) is 12.7. The van der Waals surface area contributed by atoms with Crippen LogP contribution in [0, 0.1) is 0 Å². The van der Waals surface area contributed by atoms with Crippen molar-refractivity contribution in [3.8, 4) is 22.3 Å². The van der Waals surface area contributed by atoms with Crippen molar-refractivity contribution in [1.29, 1.82) is 0 Å². The van der Waals surface area contributed by atoms with Gasteiger partial charge in [-0.15, -0.1) is 22.7 Å². The van der Waals surface area contributed by atoms with Crippen molar-refractivity contribution in [2.45, 2.75) is 0 Å².